The molecule has 0 aliphatic heterocycles. The first-order chi connectivity index (χ1) is 13.6. The maximum atomic E-state index is 12.4. The Morgan fingerprint density at radius 3 is 2.36 bits per heavy atom. The minimum absolute atomic E-state index is 0.0469. The van der Waals surface area contributed by atoms with E-state index in [9.17, 15) is 9.59 Å². The van der Waals surface area contributed by atoms with E-state index >= 15 is 0 Å². The third-order valence-electron chi connectivity index (χ3n) is 3.84. The molecule has 0 unspecified atom stereocenters. The fourth-order valence-electron chi connectivity index (χ4n) is 2.54. The van der Waals surface area contributed by atoms with Gasteiger partial charge in [-0.25, -0.2) is 10.3 Å². The zero-order valence-electron chi connectivity index (χ0n) is 16.0. The number of benzene rings is 2. The first-order valence-corrected chi connectivity index (χ1v) is 8.54. The molecule has 7 heteroatoms. The lowest BCUT2D eigenvalue weighted by molar-refractivity contribution is -0.133. The van der Waals surface area contributed by atoms with Crippen LogP contribution in [0.25, 0.3) is 5.57 Å². The number of allylic oxidation sites excluding steroid dienone is 1. The molecule has 2 aromatic rings. The van der Waals surface area contributed by atoms with Gasteiger partial charge in [-0.3, -0.25) is 9.63 Å². The number of nitrogens with zero attached hydrogens (tertiary/aromatic N) is 1. The van der Waals surface area contributed by atoms with Crippen LogP contribution >= 0.6 is 0 Å². The Kier molecular flexibility index (Phi) is 7.92. The highest BCUT2D eigenvalue weighted by molar-refractivity contribution is 6.44. The largest absolute Gasteiger partial charge is 0.465 e. The summed E-state index contributed by atoms with van der Waals surface area (Å²) in [7, 11) is 2.68. The van der Waals surface area contributed by atoms with Gasteiger partial charge < -0.3 is 9.57 Å². The second-order valence-corrected chi connectivity index (χ2v) is 5.56. The quantitative estimate of drug-likeness (QED) is 0.328. The first kappa shape index (κ1) is 20.9. The van der Waals surface area contributed by atoms with E-state index in [0.29, 0.717) is 22.3 Å². The molecular formula is C21H22N2O5. The van der Waals surface area contributed by atoms with Gasteiger partial charge in [0.05, 0.1) is 12.7 Å². The van der Waals surface area contributed by atoms with Crippen molar-refractivity contribution in [2.24, 2.45) is 5.16 Å². The van der Waals surface area contributed by atoms with Gasteiger partial charge in [0.1, 0.15) is 13.7 Å². The SMILES string of the molecule is C/C=C(/C(=O)OC)c1ccccc1CONC(=O)/C(=N/OC)c1ccccc1. The van der Waals surface area contributed by atoms with Crippen LogP contribution in [-0.2, 0) is 30.6 Å². The summed E-state index contributed by atoms with van der Waals surface area (Å²) in [5, 5.41) is 3.77. The zero-order valence-corrected chi connectivity index (χ0v) is 16.0. The summed E-state index contributed by atoms with van der Waals surface area (Å²) in [6, 6.07) is 16.1. The summed E-state index contributed by atoms with van der Waals surface area (Å²) in [5.41, 5.74) is 4.83. The highest BCUT2D eigenvalue weighted by Crippen LogP contribution is 2.21. The molecule has 0 aromatic heterocycles. The van der Waals surface area contributed by atoms with E-state index < -0.39 is 11.9 Å². The predicted molar refractivity (Wildman–Crippen MR) is 105 cm³/mol. The smallest absolute Gasteiger partial charge is 0.338 e. The van der Waals surface area contributed by atoms with Gasteiger partial charge in [0.25, 0.3) is 5.91 Å². The van der Waals surface area contributed by atoms with E-state index in [-0.39, 0.29) is 12.3 Å². The molecule has 1 N–H and O–H groups in total. The number of rotatable bonds is 8. The number of hydrogen-bond donors (Lipinski definition) is 1. The van der Waals surface area contributed by atoms with Gasteiger partial charge in [0.2, 0.25) is 0 Å². The standard InChI is InChI=1S/C21H22N2O5/c1-4-17(21(25)26-2)18-13-9-8-12-16(18)14-28-23-20(24)19(22-27-3)15-10-6-5-7-11-15/h4-13H,14H2,1-3H3,(H,23,24)/b17-4+,22-19+. The lowest BCUT2D eigenvalue weighted by atomic mass is 10.00. The fourth-order valence-corrected chi connectivity index (χ4v) is 2.54. The molecule has 1 amide bonds. The molecule has 0 fully saturated rings. The molecule has 0 aliphatic rings. The third kappa shape index (κ3) is 5.28. The van der Waals surface area contributed by atoms with Crippen LogP contribution in [0.2, 0.25) is 0 Å². The van der Waals surface area contributed by atoms with Crippen molar-refractivity contribution in [2.45, 2.75) is 13.5 Å². The summed E-state index contributed by atoms with van der Waals surface area (Å²) in [6.45, 7) is 1.80. The molecule has 0 radical (unpaired) electrons. The predicted octanol–water partition coefficient (Wildman–Crippen LogP) is 2.86. The highest BCUT2D eigenvalue weighted by Gasteiger charge is 2.17. The van der Waals surface area contributed by atoms with Crippen molar-refractivity contribution in [3.63, 3.8) is 0 Å². The van der Waals surface area contributed by atoms with E-state index in [1.165, 1.54) is 14.2 Å². The Hall–Kier alpha value is -3.45. The maximum absolute atomic E-state index is 12.4. The number of hydroxylamine groups is 1. The molecule has 7 nitrogen and oxygen atoms in total. The number of ether oxygens (including phenoxy) is 1. The minimum atomic E-state index is -0.551. The normalized spacial score (nSPS) is 11.7. The van der Waals surface area contributed by atoms with Crippen molar-refractivity contribution in [2.75, 3.05) is 14.2 Å². The molecule has 0 heterocycles. The molecule has 146 valence electrons. The molecule has 0 aliphatic carbocycles. The number of hydrogen-bond acceptors (Lipinski definition) is 6. The summed E-state index contributed by atoms with van der Waals surface area (Å²) < 4.78 is 4.82. The summed E-state index contributed by atoms with van der Waals surface area (Å²) in [6.07, 6.45) is 1.67. The van der Waals surface area contributed by atoms with Crippen LogP contribution in [0.5, 0.6) is 0 Å². The van der Waals surface area contributed by atoms with Crippen LogP contribution in [0, 0.1) is 0 Å². The van der Waals surface area contributed by atoms with Gasteiger partial charge in [-0.1, -0.05) is 65.8 Å². The van der Waals surface area contributed by atoms with Crippen molar-refractivity contribution in [3.8, 4) is 0 Å². The number of methoxy groups -OCH3 is 1. The lowest BCUT2D eigenvalue weighted by Gasteiger charge is -2.12. The average Bonchev–Trinajstić information content (AvgIpc) is 2.73. The number of carbonyl (C=O) groups excluding carboxylic acids is 2. The van der Waals surface area contributed by atoms with Crippen LogP contribution in [0.4, 0.5) is 0 Å². The van der Waals surface area contributed by atoms with Crippen LogP contribution < -0.4 is 5.48 Å². The van der Waals surface area contributed by atoms with Gasteiger partial charge in [-0.05, 0) is 18.1 Å². The van der Waals surface area contributed by atoms with Crippen LogP contribution in [0.15, 0.2) is 65.8 Å². The Morgan fingerprint density at radius 2 is 1.71 bits per heavy atom. The number of esters is 1. The van der Waals surface area contributed by atoms with Crippen molar-refractivity contribution in [1.82, 2.24) is 5.48 Å². The second kappa shape index (κ2) is 10.6. The van der Waals surface area contributed by atoms with Crippen molar-refractivity contribution in [3.05, 3.63) is 77.4 Å². The third-order valence-corrected chi connectivity index (χ3v) is 3.84. The average molecular weight is 382 g/mol. The van der Waals surface area contributed by atoms with E-state index in [4.69, 9.17) is 14.4 Å². The Bertz CT molecular complexity index is 875. The second-order valence-electron chi connectivity index (χ2n) is 5.56. The molecule has 2 aromatic carbocycles. The lowest BCUT2D eigenvalue weighted by Crippen LogP contribution is -2.32. The van der Waals surface area contributed by atoms with E-state index in [1.54, 1.807) is 49.4 Å². The van der Waals surface area contributed by atoms with Crippen LogP contribution in [0.3, 0.4) is 0 Å². The van der Waals surface area contributed by atoms with Crippen LogP contribution in [-0.4, -0.2) is 31.8 Å². The Labute approximate surface area is 163 Å². The number of nitrogens with one attached hydrogen (secondary N) is 1. The molecule has 2 rings (SSSR count). The Balaban J connectivity index is 2.10. The summed E-state index contributed by atoms with van der Waals surface area (Å²) >= 11 is 0. The van der Waals surface area contributed by atoms with Gasteiger partial charge in [0.15, 0.2) is 5.71 Å². The van der Waals surface area contributed by atoms with Gasteiger partial charge in [-0.2, -0.15) is 0 Å². The van der Waals surface area contributed by atoms with Crippen LogP contribution in [0.1, 0.15) is 23.6 Å². The molecule has 28 heavy (non-hydrogen) atoms. The molecular weight excluding hydrogens is 360 g/mol. The van der Waals surface area contributed by atoms with Crippen molar-refractivity contribution < 1.29 is 24.0 Å². The van der Waals surface area contributed by atoms with Crippen molar-refractivity contribution in [1.29, 1.82) is 0 Å². The summed E-state index contributed by atoms with van der Waals surface area (Å²) in [4.78, 5) is 34.5. The van der Waals surface area contributed by atoms with E-state index in [1.807, 2.05) is 18.2 Å². The van der Waals surface area contributed by atoms with Crippen molar-refractivity contribution >= 4 is 23.2 Å². The molecule has 0 atom stereocenters. The number of carbonyl (C=O) groups is 2. The molecule has 0 spiro atoms. The maximum Gasteiger partial charge on any atom is 0.338 e. The zero-order chi connectivity index (χ0) is 20.4. The molecule has 0 saturated heterocycles. The Morgan fingerprint density at radius 1 is 1.04 bits per heavy atom. The summed E-state index contributed by atoms with van der Waals surface area (Å²) in [5.74, 6) is -0.998. The molecule has 0 bridgehead atoms. The number of amides is 1. The fraction of sp³-hybridized carbons (Fsp3) is 0.190. The van der Waals surface area contributed by atoms with E-state index in [0.717, 1.165) is 0 Å². The highest BCUT2D eigenvalue weighted by atomic mass is 16.7. The number of oxime groups is 1. The van der Waals surface area contributed by atoms with Gasteiger partial charge >= 0.3 is 5.97 Å². The topological polar surface area (TPSA) is 86.2 Å². The van der Waals surface area contributed by atoms with Gasteiger partial charge in [-0.15, -0.1) is 0 Å². The molecule has 0 saturated carbocycles. The monoisotopic (exact) mass is 382 g/mol. The van der Waals surface area contributed by atoms with E-state index in [2.05, 4.69) is 10.6 Å². The first-order valence-electron chi connectivity index (χ1n) is 8.54. The minimum Gasteiger partial charge on any atom is -0.465 e. The van der Waals surface area contributed by atoms with Gasteiger partial charge in [0, 0.05) is 5.56 Å².